The summed E-state index contributed by atoms with van der Waals surface area (Å²) < 4.78 is 5.42. The van der Waals surface area contributed by atoms with E-state index in [0.29, 0.717) is 0 Å². The van der Waals surface area contributed by atoms with Gasteiger partial charge in [0.25, 0.3) is 0 Å². The maximum Gasteiger partial charge on any atom is 0.108 e. The molecule has 0 bridgehead atoms. The third-order valence-corrected chi connectivity index (χ3v) is 1.87. The zero-order valence-electron chi connectivity index (χ0n) is 8.68. The van der Waals surface area contributed by atoms with Crippen LogP contribution in [0.2, 0.25) is 0 Å². The average molecular weight is 202 g/mol. The molecule has 0 aliphatic carbocycles. The van der Waals surface area contributed by atoms with E-state index in [1.54, 1.807) is 13.0 Å². The van der Waals surface area contributed by atoms with Crippen molar-refractivity contribution in [2.75, 3.05) is 6.61 Å². The minimum atomic E-state index is -0.285. The topological polar surface area (TPSA) is 29.5 Å². The Balaban J connectivity index is 2.82. The number of ether oxygens (including phenoxy) is 1. The summed E-state index contributed by atoms with van der Waals surface area (Å²) in [7, 11) is 0. The summed E-state index contributed by atoms with van der Waals surface area (Å²) in [5.41, 5.74) is 0.973. The molecule has 0 unspecified atom stereocenters. The molecule has 0 saturated heterocycles. The summed E-state index contributed by atoms with van der Waals surface area (Å²) in [6, 6.07) is 9.63. The number of hydrogen-bond donors (Lipinski definition) is 1. The summed E-state index contributed by atoms with van der Waals surface area (Å²) in [5.74, 6) is 2.63. The molecule has 0 spiro atoms. The number of allylic oxidation sites excluding steroid dienone is 1. The summed E-state index contributed by atoms with van der Waals surface area (Å²) in [6.45, 7) is 1.83. The first-order valence-electron chi connectivity index (χ1n) is 4.71. The van der Waals surface area contributed by atoms with Crippen LogP contribution in [0.3, 0.4) is 0 Å². The lowest BCUT2D eigenvalue weighted by atomic mass is 10.1. The molecule has 0 aromatic heterocycles. The van der Waals surface area contributed by atoms with Gasteiger partial charge in [-0.2, -0.15) is 0 Å². The lowest BCUT2D eigenvalue weighted by molar-refractivity contribution is 0.111. The molecule has 0 amide bonds. The van der Waals surface area contributed by atoms with Crippen molar-refractivity contribution >= 4 is 0 Å². The van der Waals surface area contributed by atoms with Gasteiger partial charge in [0, 0.05) is 0 Å². The van der Waals surface area contributed by atoms with Gasteiger partial charge in [0.1, 0.15) is 12.7 Å². The highest BCUT2D eigenvalue weighted by Crippen LogP contribution is 2.19. The third kappa shape index (κ3) is 3.88. The van der Waals surface area contributed by atoms with Crippen LogP contribution >= 0.6 is 0 Å². The van der Waals surface area contributed by atoms with Crippen LogP contribution in [-0.2, 0) is 4.74 Å². The number of hydrogen-bond acceptors (Lipinski definition) is 2. The van der Waals surface area contributed by atoms with Crippen molar-refractivity contribution in [3.8, 4) is 12.3 Å². The molecule has 1 N–H and O–H groups in total. The number of aliphatic hydroxyl groups is 1. The molecule has 0 fully saturated rings. The van der Waals surface area contributed by atoms with E-state index in [-0.39, 0.29) is 18.5 Å². The van der Waals surface area contributed by atoms with E-state index in [4.69, 9.17) is 11.2 Å². The quantitative estimate of drug-likeness (QED) is 0.601. The van der Waals surface area contributed by atoms with Crippen molar-refractivity contribution in [3.63, 3.8) is 0 Å². The standard InChI is InChI=1S/C13H14O2/c1-3-9-15-13(10-11(2)14)12-7-5-4-6-8-12/h1,4-8,10,13-14H,9H2,2H3/b11-10+/t13-/m0/s1. The Hall–Kier alpha value is -1.72. The van der Waals surface area contributed by atoms with Crippen molar-refractivity contribution in [2.24, 2.45) is 0 Å². The number of aliphatic hydroxyl groups excluding tert-OH is 1. The molecular formula is C13H14O2. The van der Waals surface area contributed by atoms with Gasteiger partial charge >= 0.3 is 0 Å². The molecule has 0 aliphatic heterocycles. The molecule has 0 aliphatic rings. The predicted octanol–water partition coefficient (Wildman–Crippen LogP) is 2.84. The Morgan fingerprint density at radius 3 is 2.73 bits per heavy atom. The van der Waals surface area contributed by atoms with Crippen molar-refractivity contribution in [3.05, 3.63) is 47.7 Å². The Morgan fingerprint density at radius 2 is 2.20 bits per heavy atom. The van der Waals surface area contributed by atoms with Gasteiger partial charge in [-0.3, -0.25) is 0 Å². The highest BCUT2D eigenvalue weighted by molar-refractivity contribution is 5.22. The van der Waals surface area contributed by atoms with Crippen molar-refractivity contribution in [1.82, 2.24) is 0 Å². The average Bonchev–Trinajstić information content (AvgIpc) is 2.25. The molecule has 78 valence electrons. The molecule has 1 atom stereocenters. The summed E-state index contributed by atoms with van der Waals surface area (Å²) >= 11 is 0. The Kier molecular flexibility index (Phi) is 4.46. The lowest BCUT2D eigenvalue weighted by Crippen LogP contribution is -2.02. The highest BCUT2D eigenvalue weighted by atomic mass is 16.5. The van der Waals surface area contributed by atoms with Crippen LogP contribution in [0.15, 0.2) is 42.2 Å². The van der Waals surface area contributed by atoms with Gasteiger partial charge in [0.15, 0.2) is 0 Å². The molecule has 15 heavy (non-hydrogen) atoms. The van der Waals surface area contributed by atoms with Gasteiger partial charge in [-0.15, -0.1) is 6.42 Å². The Labute approximate surface area is 90.2 Å². The van der Waals surface area contributed by atoms with Gasteiger partial charge in [0.2, 0.25) is 0 Å². The minimum Gasteiger partial charge on any atom is -0.513 e. The van der Waals surface area contributed by atoms with Crippen molar-refractivity contribution in [1.29, 1.82) is 0 Å². The second-order valence-electron chi connectivity index (χ2n) is 3.15. The molecular weight excluding hydrogens is 188 g/mol. The van der Waals surface area contributed by atoms with Crippen LogP contribution in [0.1, 0.15) is 18.6 Å². The van der Waals surface area contributed by atoms with Gasteiger partial charge in [-0.05, 0) is 18.6 Å². The fourth-order valence-corrected chi connectivity index (χ4v) is 1.24. The van der Waals surface area contributed by atoms with Gasteiger partial charge in [0.05, 0.1) is 5.76 Å². The molecule has 0 saturated carbocycles. The van der Waals surface area contributed by atoms with Crippen LogP contribution in [0.5, 0.6) is 0 Å². The predicted molar refractivity (Wildman–Crippen MR) is 60.4 cm³/mol. The third-order valence-electron chi connectivity index (χ3n) is 1.87. The first kappa shape index (κ1) is 11.4. The summed E-state index contributed by atoms with van der Waals surface area (Å²) in [4.78, 5) is 0. The molecule has 2 heteroatoms. The van der Waals surface area contributed by atoms with Gasteiger partial charge in [-0.1, -0.05) is 36.3 Å². The molecule has 2 nitrogen and oxygen atoms in total. The SMILES string of the molecule is C#CCO[C@@H](/C=C(\C)O)c1ccccc1. The lowest BCUT2D eigenvalue weighted by Gasteiger charge is -2.12. The second kappa shape index (κ2) is 5.90. The zero-order chi connectivity index (χ0) is 11.1. The highest BCUT2D eigenvalue weighted by Gasteiger charge is 2.08. The molecule has 0 radical (unpaired) electrons. The van der Waals surface area contributed by atoms with E-state index >= 15 is 0 Å². The van der Waals surface area contributed by atoms with Crippen LogP contribution in [-0.4, -0.2) is 11.7 Å². The fraction of sp³-hybridized carbons (Fsp3) is 0.231. The number of rotatable bonds is 4. The Bertz CT molecular complexity index is 356. The van der Waals surface area contributed by atoms with Crippen LogP contribution in [0, 0.1) is 12.3 Å². The molecule has 1 aromatic carbocycles. The summed E-state index contributed by atoms with van der Waals surface area (Å²) in [5, 5.41) is 9.21. The first-order chi connectivity index (χ1) is 7.24. The van der Waals surface area contributed by atoms with Gasteiger partial charge in [-0.25, -0.2) is 0 Å². The molecule has 1 aromatic rings. The Morgan fingerprint density at radius 1 is 1.53 bits per heavy atom. The van der Waals surface area contributed by atoms with E-state index in [9.17, 15) is 5.11 Å². The maximum atomic E-state index is 9.21. The molecule has 1 rings (SSSR count). The van der Waals surface area contributed by atoms with Gasteiger partial charge < -0.3 is 9.84 Å². The van der Waals surface area contributed by atoms with E-state index in [1.165, 1.54) is 0 Å². The smallest absolute Gasteiger partial charge is 0.108 e. The summed E-state index contributed by atoms with van der Waals surface area (Å²) in [6.07, 6.45) is 6.47. The monoisotopic (exact) mass is 202 g/mol. The largest absolute Gasteiger partial charge is 0.513 e. The van der Waals surface area contributed by atoms with E-state index in [0.717, 1.165) is 5.56 Å². The number of benzene rings is 1. The van der Waals surface area contributed by atoms with E-state index < -0.39 is 0 Å². The van der Waals surface area contributed by atoms with Crippen molar-refractivity contribution in [2.45, 2.75) is 13.0 Å². The zero-order valence-corrected chi connectivity index (χ0v) is 8.68. The first-order valence-corrected chi connectivity index (χ1v) is 4.71. The van der Waals surface area contributed by atoms with Crippen LogP contribution in [0.25, 0.3) is 0 Å². The maximum absolute atomic E-state index is 9.21. The normalized spacial score (nSPS) is 13.2. The second-order valence-corrected chi connectivity index (χ2v) is 3.15. The molecule has 0 heterocycles. The number of terminal acetylenes is 1. The van der Waals surface area contributed by atoms with E-state index in [1.807, 2.05) is 30.3 Å². The minimum absolute atomic E-state index is 0.223. The van der Waals surface area contributed by atoms with Crippen LogP contribution < -0.4 is 0 Å². The fourth-order valence-electron chi connectivity index (χ4n) is 1.24. The van der Waals surface area contributed by atoms with Crippen molar-refractivity contribution < 1.29 is 9.84 Å². The van der Waals surface area contributed by atoms with E-state index in [2.05, 4.69) is 5.92 Å². The van der Waals surface area contributed by atoms with Crippen LogP contribution in [0.4, 0.5) is 0 Å².